The normalized spacial score (nSPS) is 21.3. The monoisotopic (exact) mass is 311 g/mol. The van der Waals surface area contributed by atoms with Crippen LogP contribution in [0.2, 0.25) is 0 Å². The number of nitrogens with one attached hydrogen (secondary N) is 2. The van der Waals surface area contributed by atoms with Gasteiger partial charge >= 0.3 is 12.2 Å². The van der Waals surface area contributed by atoms with Crippen molar-refractivity contribution in [2.24, 2.45) is 5.92 Å². The number of halogens is 3. The molecule has 8 heteroatoms. The van der Waals surface area contributed by atoms with Crippen LogP contribution >= 0.6 is 0 Å². The second kappa shape index (κ2) is 8.43. The van der Waals surface area contributed by atoms with Crippen molar-refractivity contribution in [1.82, 2.24) is 15.5 Å². The Morgan fingerprint density at radius 2 is 2.14 bits per heavy atom. The Morgan fingerprint density at radius 1 is 1.43 bits per heavy atom. The third kappa shape index (κ3) is 8.11. The van der Waals surface area contributed by atoms with Crippen LogP contribution in [0.3, 0.4) is 0 Å². The van der Waals surface area contributed by atoms with Crippen LogP contribution in [-0.4, -0.2) is 61.0 Å². The Labute approximate surface area is 122 Å². The van der Waals surface area contributed by atoms with Crippen LogP contribution in [0.4, 0.5) is 18.0 Å². The molecular weight excluding hydrogens is 287 g/mol. The number of aliphatic hydroxyl groups excluding tert-OH is 1. The van der Waals surface area contributed by atoms with E-state index < -0.39 is 18.8 Å². The molecule has 1 aliphatic heterocycles. The highest BCUT2D eigenvalue weighted by Gasteiger charge is 2.34. The second-order valence-corrected chi connectivity index (χ2v) is 5.54. The van der Waals surface area contributed by atoms with E-state index in [0.29, 0.717) is 32.5 Å². The molecule has 0 aliphatic carbocycles. The summed E-state index contributed by atoms with van der Waals surface area (Å²) in [5, 5.41) is 14.6. The van der Waals surface area contributed by atoms with Crippen molar-refractivity contribution in [2.75, 3.05) is 32.7 Å². The molecule has 5 nitrogen and oxygen atoms in total. The number of hydrogen-bond donors (Lipinski definition) is 3. The van der Waals surface area contributed by atoms with Gasteiger partial charge in [0.1, 0.15) is 0 Å². The number of rotatable bonds is 7. The first-order chi connectivity index (χ1) is 9.80. The molecule has 0 bridgehead atoms. The van der Waals surface area contributed by atoms with E-state index in [4.69, 9.17) is 0 Å². The van der Waals surface area contributed by atoms with Crippen molar-refractivity contribution in [3.8, 4) is 0 Å². The van der Waals surface area contributed by atoms with Crippen molar-refractivity contribution in [3.05, 3.63) is 0 Å². The zero-order valence-corrected chi connectivity index (χ0v) is 12.2. The SMILES string of the molecule is CCCC(O)CNC(=O)NCC1CCN(CC(F)(F)F)C1. The zero-order valence-electron chi connectivity index (χ0n) is 12.2. The number of likely N-dealkylation sites (tertiary alicyclic amines) is 1. The molecule has 21 heavy (non-hydrogen) atoms. The van der Waals surface area contributed by atoms with E-state index in [0.717, 1.165) is 6.42 Å². The number of alkyl halides is 3. The van der Waals surface area contributed by atoms with Gasteiger partial charge in [-0.15, -0.1) is 0 Å². The lowest BCUT2D eigenvalue weighted by Crippen LogP contribution is -2.42. The lowest BCUT2D eigenvalue weighted by atomic mass is 10.1. The van der Waals surface area contributed by atoms with Crippen molar-refractivity contribution >= 4 is 6.03 Å². The molecule has 2 atom stereocenters. The van der Waals surface area contributed by atoms with Gasteiger partial charge in [0.25, 0.3) is 0 Å². The molecule has 0 radical (unpaired) electrons. The summed E-state index contributed by atoms with van der Waals surface area (Å²) in [7, 11) is 0. The van der Waals surface area contributed by atoms with Crippen molar-refractivity contribution in [1.29, 1.82) is 0 Å². The minimum absolute atomic E-state index is 0.0404. The average Bonchev–Trinajstić information content (AvgIpc) is 2.79. The van der Waals surface area contributed by atoms with E-state index in [1.54, 1.807) is 0 Å². The fraction of sp³-hybridized carbons (Fsp3) is 0.923. The number of carbonyl (C=O) groups is 1. The van der Waals surface area contributed by atoms with Gasteiger partial charge in [0.2, 0.25) is 0 Å². The predicted octanol–water partition coefficient (Wildman–Crippen LogP) is 1.33. The van der Waals surface area contributed by atoms with E-state index in [2.05, 4.69) is 10.6 Å². The van der Waals surface area contributed by atoms with Gasteiger partial charge in [-0.05, 0) is 25.3 Å². The highest BCUT2D eigenvalue weighted by atomic mass is 19.4. The molecule has 1 saturated heterocycles. The molecule has 1 aliphatic rings. The summed E-state index contributed by atoms with van der Waals surface area (Å²) in [5.41, 5.74) is 0. The summed E-state index contributed by atoms with van der Waals surface area (Å²) in [4.78, 5) is 12.8. The van der Waals surface area contributed by atoms with Crippen molar-refractivity contribution in [2.45, 2.75) is 38.5 Å². The Bertz CT molecular complexity index is 326. The molecule has 124 valence electrons. The van der Waals surface area contributed by atoms with Crippen molar-refractivity contribution < 1.29 is 23.1 Å². The molecule has 0 aromatic carbocycles. The van der Waals surface area contributed by atoms with Crippen LogP contribution in [0.25, 0.3) is 0 Å². The molecule has 3 N–H and O–H groups in total. The van der Waals surface area contributed by atoms with E-state index in [1.165, 1.54) is 4.90 Å². The van der Waals surface area contributed by atoms with Gasteiger partial charge < -0.3 is 15.7 Å². The van der Waals surface area contributed by atoms with Gasteiger partial charge in [0.15, 0.2) is 0 Å². The smallest absolute Gasteiger partial charge is 0.391 e. The second-order valence-electron chi connectivity index (χ2n) is 5.54. The first-order valence-electron chi connectivity index (χ1n) is 7.29. The van der Waals surface area contributed by atoms with Gasteiger partial charge in [-0.3, -0.25) is 4.90 Å². The zero-order chi connectivity index (χ0) is 15.9. The van der Waals surface area contributed by atoms with Gasteiger partial charge in [-0.2, -0.15) is 13.2 Å². The molecule has 0 aromatic heterocycles. The summed E-state index contributed by atoms with van der Waals surface area (Å²) < 4.78 is 36.7. The molecule has 2 unspecified atom stereocenters. The summed E-state index contributed by atoms with van der Waals surface area (Å²) >= 11 is 0. The number of nitrogens with zero attached hydrogens (tertiary/aromatic N) is 1. The lowest BCUT2D eigenvalue weighted by Gasteiger charge is -2.18. The van der Waals surface area contributed by atoms with Gasteiger partial charge in [-0.1, -0.05) is 13.3 Å². The minimum atomic E-state index is -4.17. The van der Waals surface area contributed by atoms with E-state index in [1.807, 2.05) is 6.92 Å². The third-order valence-corrected chi connectivity index (χ3v) is 3.44. The number of urea groups is 1. The van der Waals surface area contributed by atoms with E-state index in [9.17, 15) is 23.1 Å². The third-order valence-electron chi connectivity index (χ3n) is 3.44. The van der Waals surface area contributed by atoms with Gasteiger partial charge in [-0.25, -0.2) is 4.79 Å². The molecule has 2 amide bonds. The molecule has 0 spiro atoms. The maximum absolute atomic E-state index is 12.2. The van der Waals surface area contributed by atoms with Crippen molar-refractivity contribution in [3.63, 3.8) is 0 Å². The maximum atomic E-state index is 12.2. The topological polar surface area (TPSA) is 64.6 Å². The average molecular weight is 311 g/mol. The minimum Gasteiger partial charge on any atom is -0.391 e. The summed E-state index contributed by atoms with van der Waals surface area (Å²) in [6.45, 7) is 2.34. The van der Waals surface area contributed by atoms with Crippen LogP contribution in [0.5, 0.6) is 0 Å². The van der Waals surface area contributed by atoms with Crippen LogP contribution in [-0.2, 0) is 0 Å². The van der Waals surface area contributed by atoms with Crippen LogP contribution < -0.4 is 10.6 Å². The van der Waals surface area contributed by atoms with Crippen LogP contribution in [0, 0.1) is 5.92 Å². The Balaban J connectivity index is 2.14. The maximum Gasteiger partial charge on any atom is 0.401 e. The number of hydrogen-bond acceptors (Lipinski definition) is 3. The van der Waals surface area contributed by atoms with E-state index in [-0.39, 0.29) is 18.5 Å². The first-order valence-corrected chi connectivity index (χ1v) is 7.29. The summed E-state index contributed by atoms with van der Waals surface area (Å²) in [6.07, 6.45) is -2.63. The molecular formula is C13H24F3N3O2. The molecule has 0 saturated carbocycles. The quantitative estimate of drug-likeness (QED) is 0.665. The number of amides is 2. The highest BCUT2D eigenvalue weighted by Crippen LogP contribution is 2.22. The fourth-order valence-corrected chi connectivity index (χ4v) is 2.42. The standard InChI is InChI=1S/C13H24F3N3O2/c1-2-3-11(20)7-18-12(21)17-6-10-4-5-19(8-10)9-13(14,15)16/h10-11,20H,2-9H2,1H3,(H2,17,18,21). The molecule has 1 heterocycles. The predicted molar refractivity (Wildman–Crippen MR) is 72.9 cm³/mol. The number of carbonyl (C=O) groups excluding carboxylic acids is 1. The Hall–Kier alpha value is -1.02. The van der Waals surface area contributed by atoms with Crippen LogP contribution in [0.1, 0.15) is 26.2 Å². The molecule has 0 aromatic rings. The van der Waals surface area contributed by atoms with E-state index >= 15 is 0 Å². The van der Waals surface area contributed by atoms with Crippen LogP contribution in [0.15, 0.2) is 0 Å². The molecule has 1 fully saturated rings. The lowest BCUT2D eigenvalue weighted by molar-refractivity contribution is -0.143. The highest BCUT2D eigenvalue weighted by molar-refractivity contribution is 5.73. The summed E-state index contributed by atoms with van der Waals surface area (Å²) in [5.74, 6) is 0.0404. The first kappa shape index (κ1) is 18.0. The number of aliphatic hydroxyl groups is 1. The van der Waals surface area contributed by atoms with Gasteiger partial charge in [0, 0.05) is 19.6 Å². The fourth-order valence-electron chi connectivity index (χ4n) is 2.42. The summed E-state index contributed by atoms with van der Waals surface area (Å²) in [6, 6.07) is -0.389. The van der Waals surface area contributed by atoms with Gasteiger partial charge in [0.05, 0.1) is 12.6 Å². The molecule has 1 rings (SSSR count). The Kier molecular flexibility index (Phi) is 7.24. The Morgan fingerprint density at radius 3 is 2.76 bits per heavy atom. The largest absolute Gasteiger partial charge is 0.401 e.